The summed E-state index contributed by atoms with van der Waals surface area (Å²) in [6.45, 7) is 3.87. The fourth-order valence-electron chi connectivity index (χ4n) is 1.78. The van der Waals surface area contributed by atoms with E-state index in [1.807, 2.05) is 26.0 Å². The van der Waals surface area contributed by atoms with E-state index in [0.29, 0.717) is 10.6 Å². The van der Waals surface area contributed by atoms with E-state index >= 15 is 0 Å². The molecule has 0 aliphatic heterocycles. The predicted molar refractivity (Wildman–Crippen MR) is 68.9 cm³/mol. The van der Waals surface area contributed by atoms with Crippen molar-refractivity contribution in [3.63, 3.8) is 0 Å². The van der Waals surface area contributed by atoms with Crippen LogP contribution in [0.4, 0.5) is 5.00 Å². The van der Waals surface area contributed by atoms with Crippen LogP contribution in [-0.2, 0) is 0 Å². The second-order valence-corrected chi connectivity index (χ2v) is 4.72. The van der Waals surface area contributed by atoms with Gasteiger partial charge in [0, 0.05) is 5.69 Å². The molecular weight excluding hydrogens is 234 g/mol. The van der Waals surface area contributed by atoms with Gasteiger partial charge in [-0.1, -0.05) is 0 Å². The van der Waals surface area contributed by atoms with Crippen molar-refractivity contribution < 1.29 is 0 Å². The van der Waals surface area contributed by atoms with Crippen molar-refractivity contribution in [3.8, 4) is 11.4 Å². The number of aryl methyl sites for hydroxylation is 2. The van der Waals surface area contributed by atoms with Crippen LogP contribution in [0.2, 0.25) is 0 Å². The zero-order valence-electron chi connectivity index (χ0n) is 9.48. The number of nitrogen functional groups attached to an aromatic ring is 1. The van der Waals surface area contributed by atoms with Gasteiger partial charge in [-0.2, -0.15) is 4.37 Å². The summed E-state index contributed by atoms with van der Waals surface area (Å²) in [4.78, 5) is 12.0. The number of imidazole rings is 1. The van der Waals surface area contributed by atoms with Crippen LogP contribution >= 0.6 is 11.5 Å². The molecule has 0 aliphatic carbocycles. The van der Waals surface area contributed by atoms with Crippen LogP contribution in [0.5, 0.6) is 0 Å². The summed E-state index contributed by atoms with van der Waals surface area (Å²) in [5, 5.41) is 0.679. The lowest BCUT2D eigenvalue weighted by molar-refractivity contribution is 1.22. The maximum absolute atomic E-state index is 5.90. The molecule has 0 saturated carbocycles. The Kier molecular flexibility index (Phi) is 2.12. The number of rotatable bonds is 1. The van der Waals surface area contributed by atoms with Crippen LogP contribution in [-0.4, -0.2) is 19.3 Å². The van der Waals surface area contributed by atoms with Crippen molar-refractivity contribution in [2.75, 3.05) is 5.73 Å². The van der Waals surface area contributed by atoms with Crippen molar-refractivity contribution in [1.29, 1.82) is 0 Å². The Hall–Kier alpha value is -1.95. The SMILES string of the molecule is Cc1ccc2[nH]c(-c3c(C)nsc3N)nc2n1. The quantitative estimate of drug-likeness (QED) is 0.689. The summed E-state index contributed by atoms with van der Waals surface area (Å²) in [6, 6.07) is 3.92. The molecule has 0 fully saturated rings. The van der Waals surface area contributed by atoms with Gasteiger partial charge in [0.2, 0.25) is 0 Å². The highest BCUT2D eigenvalue weighted by Crippen LogP contribution is 2.31. The molecule has 86 valence electrons. The Morgan fingerprint density at radius 2 is 2.06 bits per heavy atom. The van der Waals surface area contributed by atoms with E-state index in [2.05, 4.69) is 19.3 Å². The Morgan fingerprint density at radius 1 is 1.24 bits per heavy atom. The van der Waals surface area contributed by atoms with Gasteiger partial charge in [-0.15, -0.1) is 0 Å². The third kappa shape index (κ3) is 1.57. The molecule has 0 bridgehead atoms. The molecule has 0 amide bonds. The van der Waals surface area contributed by atoms with Gasteiger partial charge in [0.05, 0.1) is 16.8 Å². The molecule has 0 unspecified atom stereocenters. The van der Waals surface area contributed by atoms with E-state index < -0.39 is 0 Å². The molecule has 5 nitrogen and oxygen atoms in total. The normalized spacial score (nSPS) is 11.2. The van der Waals surface area contributed by atoms with Gasteiger partial charge in [-0.25, -0.2) is 9.97 Å². The highest BCUT2D eigenvalue weighted by molar-refractivity contribution is 7.10. The monoisotopic (exact) mass is 245 g/mol. The highest BCUT2D eigenvalue weighted by atomic mass is 32.1. The number of aromatic nitrogens is 4. The van der Waals surface area contributed by atoms with Crippen LogP contribution < -0.4 is 5.73 Å². The van der Waals surface area contributed by atoms with Crippen LogP contribution in [0.25, 0.3) is 22.6 Å². The van der Waals surface area contributed by atoms with Crippen molar-refractivity contribution in [2.24, 2.45) is 0 Å². The zero-order chi connectivity index (χ0) is 12.0. The number of nitrogens with zero attached hydrogens (tertiary/aromatic N) is 3. The molecule has 0 spiro atoms. The first kappa shape index (κ1) is 10.2. The molecule has 17 heavy (non-hydrogen) atoms. The smallest absolute Gasteiger partial charge is 0.178 e. The number of aromatic amines is 1. The van der Waals surface area contributed by atoms with E-state index in [4.69, 9.17) is 5.73 Å². The second-order valence-electron chi connectivity index (χ2n) is 3.92. The molecule has 0 aromatic carbocycles. The molecule has 3 N–H and O–H groups in total. The standard InChI is InChI=1S/C11H11N5S/c1-5-3-4-7-10(13-5)15-11(14-7)8-6(2)16-17-9(8)12/h3-4H,12H2,1-2H3,(H,13,14,15). The zero-order valence-corrected chi connectivity index (χ0v) is 10.3. The molecular formula is C11H11N5S. The lowest BCUT2D eigenvalue weighted by Crippen LogP contribution is -1.87. The first-order valence-electron chi connectivity index (χ1n) is 5.20. The molecule has 3 rings (SSSR count). The fourth-order valence-corrected chi connectivity index (χ4v) is 2.44. The van der Waals surface area contributed by atoms with E-state index in [-0.39, 0.29) is 0 Å². The van der Waals surface area contributed by atoms with Crippen LogP contribution in [0.1, 0.15) is 11.4 Å². The topological polar surface area (TPSA) is 80.5 Å². The van der Waals surface area contributed by atoms with E-state index in [1.54, 1.807) is 0 Å². The van der Waals surface area contributed by atoms with Gasteiger partial charge in [0.1, 0.15) is 10.8 Å². The number of anilines is 1. The van der Waals surface area contributed by atoms with Crippen molar-refractivity contribution >= 4 is 27.7 Å². The van der Waals surface area contributed by atoms with Crippen LogP contribution in [0.3, 0.4) is 0 Å². The highest BCUT2D eigenvalue weighted by Gasteiger charge is 2.14. The van der Waals surface area contributed by atoms with Crippen molar-refractivity contribution in [3.05, 3.63) is 23.5 Å². The third-order valence-corrected chi connectivity index (χ3v) is 3.38. The van der Waals surface area contributed by atoms with Gasteiger partial charge < -0.3 is 10.7 Å². The van der Waals surface area contributed by atoms with E-state index in [9.17, 15) is 0 Å². The molecule has 6 heteroatoms. The summed E-state index contributed by atoms with van der Waals surface area (Å²) < 4.78 is 4.22. The Morgan fingerprint density at radius 3 is 2.76 bits per heavy atom. The third-order valence-electron chi connectivity index (χ3n) is 2.61. The van der Waals surface area contributed by atoms with Crippen molar-refractivity contribution in [1.82, 2.24) is 19.3 Å². The summed E-state index contributed by atoms with van der Waals surface area (Å²) in [6.07, 6.45) is 0. The van der Waals surface area contributed by atoms with Gasteiger partial charge >= 0.3 is 0 Å². The number of H-pyrrole nitrogens is 1. The first-order chi connectivity index (χ1) is 8.15. The largest absolute Gasteiger partial charge is 0.389 e. The number of hydrogen-bond donors (Lipinski definition) is 2. The van der Waals surface area contributed by atoms with Gasteiger partial charge in [0.25, 0.3) is 0 Å². The van der Waals surface area contributed by atoms with Crippen LogP contribution in [0, 0.1) is 13.8 Å². The maximum Gasteiger partial charge on any atom is 0.178 e. The average Bonchev–Trinajstić information content (AvgIpc) is 2.81. The molecule has 0 aliphatic rings. The summed E-state index contributed by atoms with van der Waals surface area (Å²) >= 11 is 1.29. The number of nitrogens with one attached hydrogen (secondary N) is 1. The fraction of sp³-hybridized carbons (Fsp3) is 0.182. The predicted octanol–water partition coefficient (Wildman–Crippen LogP) is 2.28. The number of nitrogens with two attached hydrogens (primary N) is 1. The Labute approximate surface area is 102 Å². The average molecular weight is 245 g/mol. The summed E-state index contributed by atoms with van der Waals surface area (Å²) in [7, 11) is 0. The Balaban J connectivity index is 2.25. The van der Waals surface area contributed by atoms with Gasteiger partial charge in [-0.05, 0) is 37.5 Å². The molecule has 3 aromatic heterocycles. The molecule has 0 saturated heterocycles. The lowest BCUT2D eigenvalue weighted by Gasteiger charge is -1.94. The second kappa shape index (κ2) is 3.53. The molecule has 3 aromatic rings. The minimum atomic E-state index is 0.679. The summed E-state index contributed by atoms with van der Waals surface area (Å²) in [5.41, 5.74) is 10.2. The molecule has 0 atom stereocenters. The minimum Gasteiger partial charge on any atom is -0.389 e. The van der Waals surface area contributed by atoms with Crippen molar-refractivity contribution in [2.45, 2.75) is 13.8 Å². The first-order valence-corrected chi connectivity index (χ1v) is 5.98. The lowest BCUT2D eigenvalue weighted by atomic mass is 10.2. The molecule has 0 radical (unpaired) electrons. The van der Waals surface area contributed by atoms with Gasteiger partial charge in [-0.3, -0.25) is 0 Å². The van der Waals surface area contributed by atoms with Gasteiger partial charge in [0.15, 0.2) is 5.65 Å². The van der Waals surface area contributed by atoms with E-state index in [0.717, 1.165) is 28.3 Å². The number of pyridine rings is 1. The molecule has 3 heterocycles. The maximum atomic E-state index is 5.90. The number of fused-ring (bicyclic) bond motifs is 1. The van der Waals surface area contributed by atoms with E-state index in [1.165, 1.54) is 11.5 Å². The summed E-state index contributed by atoms with van der Waals surface area (Å²) in [5.74, 6) is 0.738. The minimum absolute atomic E-state index is 0.679. The number of hydrogen-bond acceptors (Lipinski definition) is 5. The van der Waals surface area contributed by atoms with Crippen LogP contribution in [0.15, 0.2) is 12.1 Å². The Bertz CT molecular complexity index is 678.